The van der Waals surface area contributed by atoms with Crippen LogP contribution < -0.4 is 10.6 Å². The number of piperazine rings is 1. The molecule has 1 aromatic carbocycles. The zero-order valence-electron chi connectivity index (χ0n) is 21.8. The Morgan fingerprint density at radius 1 is 0.972 bits per heavy atom. The number of likely N-dealkylation sites (tertiary alicyclic amines) is 2. The number of alkyl carbamates (subject to hydrolysis) is 2. The minimum atomic E-state index is -0.748. The number of hydrogen-bond donors (Lipinski definition) is 2. The van der Waals surface area contributed by atoms with Gasteiger partial charge < -0.3 is 29.9 Å². The Kier molecular flexibility index (Phi) is 8.81. The molecule has 0 unspecified atom stereocenters. The first-order chi connectivity index (χ1) is 17.0. The van der Waals surface area contributed by atoms with E-state index < -0.39 is 23.6 Å². The molecule has 0 spiro atoms. The Labute approximate surface area is 212 Å². The number of ether oxygens (including phenoxy) is 2. The quantitative estimate of drug-likeness (QED) is 0.564. The number of rotatable bonds is 8. The minimum Gasteiger partial charge on any atom is -0.449 e. The van der Waals surface area contributed by atoms with Gasteiger partial charge in [-0.1, -0.05) is 65.0 Å². The van der Waals surface area contributed by atoms with Gasteiger partial charge in [0.05, 0.1) is 18.7 Å². The van der Waals surface area contributed by atoms with Crippen molar-refractivity contribution in [2.45, 2.75) is 65.8 Å². The third kappa shape index (κ3) is 7.11. The van der Waals surface area contributed by atoms with Gasteiger partial charge in [0.25, 0.3) is 0 Å². The van der Waals surface area contributed by atoms with Crippen LogP contribution in [0.25, 0.3) is 0 Å². The second-order valence-electron chi connectivity index (χ2n) is 10.9. The molecule has 2 aliphatic rings. The first-order valence-electron chi connectivity index (χ1n) is 12.4. The molecule has 10 nitrogen and oxygen atoms in total. The van der Waals surface area contributed by atoms with E-state index in [-0.39, 0.29) is 49.6 Å². The largest absolute Gasteiger partial charge is 0.449 e. The van der Waals surface area contributed by atoms with Gasteiger partial charge in [-0.25, -0.2) is 9.59 Å². The van der Waals surface area contributed by atoms with Crippen LogP contribution in [-0.2, 0) is 25.7 Å². The number of fused-ring (bicyclic) bond motifs is 2. The molecule has 2 fully saturated rings. The van der Waals surface area contributed by atoms with Crippen molar-refractivity contribution >= 4 is 24.0 Å². The van der Waals surface area contributed by atoms with Gasteiger partial charge in [-0.15, -0.1) is 0 Å². The van der Waals surface area contributed by atoms with Crippen LogP contribution in [0.2, 0.25) is 0 Å². The predicted molar refractivity (Wildman–Crippen MR) is 133 cm³/mol. The summed E-state index contributed by atoms with van der Waals surface area (Å²) in [6, 6.07) is 8.28. The van der Waals surface area contributed by atoms with E-state index >= 15 is 0 Å². The molecule has 198 valence electrons. The average Bonchev–Trinajstić information content (AvgIpc) is 3.44. The molecule has 2 saturated heterocycles. The average molecular weight is 503 g/mol. The van der Waals surface area contributed by atoms with E-state index in [2.05, 4.69) is 10.6 Å². The van der Waals surface area contributed by atoms with Crippen molar-refractivity contribution in [3.63, 3.8) is 0 Å². The zero-order chi connectivity index (χ0) is 26.5. The second-order valence-corrected chi connectivity index (χ2v) is 10.9. The molecule has 36 heavy (non-hydrogen) atoms. The number of benzene rings is 1. The summed E-state index contributed by atoms with van der Waals surface area (Å²) in [5, 5.41) is 5.25. The lowest BCUT2D eigenvalue weighted by Crippen LogP contribution is -2.59. The topological polar surface area (TPSA) is 117 Å². The Morgan fingerprint density at radius 2 is 1.61 bits per heavy atom. The maximum absolute atomic E-state index is 13.4. The fourth-order valence-corrected chi connectivity index (χ4v) is 4.48. The number of carbonyl (C=O) groups excluding carboxylic acids is 4. The van der Waals surface area contributed by atoms with E-state index in [9.17, 15) is 19.2 Å². The summed E-state index contributed by atoms with van der Waals surface area (Å²) in [6.07, 6.45) is -0.593. The van der Waals surface area contributed by atoms with Crippen LogP contribution in [-0.4, -0.2) is 78.2 Å². The van der Waals surface area contributed by atoms with Crippen molar-refractivity contribution in [1.82, 2.24) is 20.4 Å². The number of amides is 4. The van der Waals surface area contributed by atoms with Gasteiger partial charge in [-0.2, -0.15) is 0 Å². The predicted octanol–water partition coefficient (Wildman–Crippen LogP) is 2.52. The molecule has 2 N–H and O–H groups in total. The normalized spacial score (nSPS) is 19.7. The Bertz CT molecular complexity index is 946. The number of nitrogens with one attached hydrogen (secondary N) is 2. The highest BCUT2D eigenvalue weighted by molar-refractivity contribution is 5.88. The second kappa shape index (κ2) is 11.6. The lowest BCUT2D eigenvalue weighted by molar-refractivity contribution is -0.142. The maximum Gasteiger partial charge on any atom is 0.407 e. The van der Waals surface area contributed by atoms with E-state index in [1.54, 1.807) is 9.80 Å². The van der Waals surface area contributed by atoms with Crippen molar-refractivity contribution in [1.29, 1.82) is 0 Å². The molecule has 0 saturated carbocycles. The Hall–Kier alpha value is -3.30. The zero-order valence-corrected chi connectivity index (χ0v) is 21.8. The van der Waals surface area contributed by atoms with Gasteiger partial charge >= 0.3 is 12.2 Å². The summed E-state index contributed by atoms with van der Waals surface area (Å²) in [4.78, 5) is 53.9. The van der Waals surface area contributed by atoms with Crippen molar-refractivity contribution in [2.24, 2.45) is 11.3 Å². The third-order valence-electron chi connectivity index (χ3n) is 6.36. The van der Waals surface area contributed by atoms with E-state index in [4.69, 9.17) is 9.47 Å². The summed E-state index contributed by atoms with van der Waals surface area (Å²) in [6.45, 7) is 10.6. The molecule has 0 aromatic heterocycles. The molecule has 4 amide bonds. The van der Waals surface area contributed by atoms with Crippen molar-refractivity contribution in [3.05, 3.63) is 35.9 Å². The highest BCUT2D eigenvalue weighted by atomic mass is 16.6. The van der Waals surface area contributed by atoms with Gasteiger partial charge in [-0.3, -0.25) is 9.59 Å². The van der Waals surface area contributed by atoms with Crippen LogP contribution in [0.4, 0.5) is 9.59 Å². The van der Waals surface area contributed by atoms with Gasteiger partial charge in [0.15, 0.2) is 0 Å². The monoisotopic (exact) mass is 502 g/mol. The summed E-state index contributed by atoms with van der Waals surface area (Å²) >= 11 is 0. The first-order valence-corrected chi connectivity index (χ1v) is 12.4. The number of carbonyl (C=O) groups is 4. The highest BCUT2D eigenvalue weighted by Gasteiger charge is 2.49. The summed E-state index contributed by atoms with van der Waals surface area (Å²) in [7, 11) is 0. The van der Waals surface area contributed by atoms with Gasteiger partial charge in [-0.05, 0) is 23.3 Å². The lowest BCUT2D eigenvalue weighted by atomic mass is 9.85. The SMILES string of the molecule is CC(C)COC(=O)N[C@H](C(=O)N1C[C@@H]2C[C@H]1CN2C(=O)CNC(=O)OCc1ccccc1)C(C)(C)C. The van der Waals surface area contributed by atoms with Crippen LogP contribution in [0.15, 0.2) is 30.3 Å². The molecule has 3 atom stereocenters. The number of nitrogens with zero attached hydrogens (tertiary/aromatic N) is 2. The van der Waals surface area contributed by atoms with Crippen molar-refractivity contribution < 1.29 is 28.7 Å². The van der Waals surface area contributed by atoms with Gasteiger partial charge in [0, 0.05) is 13.1 Å². The smallest absolute Gasteiger partial charge is 0.407 e. The van der Waals surface area contributed by atoms with E-state index in [0.717, 1.165) is 5.56 Å². The molecule has 1 aromatic rings. The third-order valence-corrected chi connectivity index (χ3v) is 6.36. The Balaban J connectivity index is 1.48. The molecule has 3 rings (SSSR count). The summed E-state index contributed by atoms with van der Waals surface area (Å²) in [5.41, 5.74) is 0.340. The number of hydrogen-bond acceptors (Lipinski definition) is 6. The standard InChI is InChI=1S/C26H38N4O6/c1-17(2)15-35-25(34)28-22(26(3,4)5)23(32)30-14-19-11-20(30)13-29(19)21(31)12-27-24(33)36-16-18-9-7-6-8-10-18/h6-10,17,19-20,22H,11-16H2,1-5H3,(H,27,33)(H,28,34)/t19-,20-,22+/m0/s1. The summed E-state index contributed by atoms with van der Waals surface area (Å²) in [5.74, 6) is -0.196. The fourth-order valence-electron chi connectivity index (χ4n) is 4.48. The van der Waals surface area contributed by atoms with Crippen LogP contribution >= 0.6 is 0 Å². The van der Waals surface area contributed by atoms with Crippen molar-refractivity contribution in [3.8, 4) is 0 Å². The maximum atomic E-state index is 13.4. The van der Waals surface area contributed by atoms with Gasteiger partial charge in [0.1, 0.15) is 19.2 Å². The fraction of sp³-hybridized carbons (Fsp3) is 0.615. The van der Waals surface area contributed by atoms with Crippen LogP contribution in [0.5, 0.6) is 0 Å². The van der Waals surface area contributed by atoms with Crippen molar-refractivity contribution in [2.75, 3.05) is 26.2 Å². The van der Waals surface area contributed by atoms with E-state index in [1.807, 2.05) is 65.0 Å². The molecule has 0 radical (unpaired) electrons. The molecular weight excluding hydrogens is 464 g/mol. The molecule has 10 heteroatoms. The first kappa shape index (κ1) is 27.3. The van der Waals surface area contributed by atoms with Gasteiger partial charge in [0.2, 0.25) is 11.8 Å². The Morgan fingerprint density at radius 3 is 2.19 bits per heavy atom. The van der Waals surface area contributed by atoms with Crippen LogP contribution in [0, 0.1) is 11.3 Å². The lowest BCUT2D eigenvalue weighted by Gasteiger charge is -2.39. The van der Waals surface area contributed by atoms with Crippen LogP contribution in [0.1, 0.15) is 46.6 Å². The van der Waals surface area contributed by atoms with E-state index in [1.165, 1.54) is 0 Å². The molecule has 2 aliphatic heterocycles. The van der Waals surface area contributed by atoms with E-state index in [0.29, 0.717) is 19.5 Å². The molecular formula is C26H38N4O6. The molecule has 0 aliphatic carbocycles. The minimum absolute atomic E-state index is 0.123. The van der Waals surface area contributed by atoms with Crippen LogP contribution in [0.3, 0.4) is 0 Å². The molecule has 2 heterocycles. The molecule has 2 bridgehead atoms. The highest BCUT2D eigenvalue weighted by Crippen LogP contribution is 2.33. The summed E-state index contributed by atoms with van der Waals surface area (Å²) < 4.78 is 10.4.